The first-order chi connectivity index (χ1) is 21.2. The van der Waals surface area contributed by atoms with Gasteiger partial charge in [0, 0.05) is 23.7 Å². The molecule has 2 saturated heterocycles. The highest BCUT2D eigenvalue weighted by Crippen LogP contribution is 2.35. The van der Waals surface area contributed by atoms with Crippen LogP contribution in [0, 0.1) is 17.1 Å². The fraction of sp³-hybridized carbons (Fsp3) is 0.364. The van der Waals surface area contributed by atoms with E-state index in [4.69, 9.17) is 15.6 Å². The maximum atomic E-state index is 15.6. The Morgan fingerprint density at radius 1 is 1.11 bits per heavy atom. The van der Waals surface area contributed by atoms with Crippen LogP contribution in [0.5, 0.6) is 11.5 Å². The summed E-state index contributed by atoms with van der Waals surface area (Å²) < 4.78 is 23.0. The Balaban J connectivity index is 1.28. The Kier molecular flexibility index (Phi) is 8.01. The Labute approximate surface area is 255 Å². The summed E-state index contributed by atoms with van der Waals surface area (Å²) in [6, 6.07) is 15.7. The van der Waals surface area contributed by atoms with Gasteiger partial charge in [-0.1, -0.05) is 18.2 Å². The summed E-state index contributed by atoms with van der Waals surface area (Å²) in [7, 11) is 0. The summed E-state index contributed by atoms with van der Waals surface area (Å²) in [5, 5.41) is 15.2. The highest BCUT2D eigenvalue weighted by molar-refractivity contribution is 5.99. The van der Waals surface area contributed by atoms with Crippen molar-refractivity contribution in [3.05, 3.63) is 72.3 Å². The van der Waals surface area contributed by atoms with Gasteiger partial charge in [0.2, 0.25) is 0 Å². The first kappa shape index (κ1) is 29.3. The molecule has 1 unspecified atom stereocenters. The first-order valence-corrected chi connectivity index (χ1v) is 14.9. The zero-order valence-corrected chi connectivity index (χ0v) is 24.9. The fourth-order valence-electron chi connectivity index (χ4n) is 6.25. The van der Waals surface area contributed by atoms with E-state index in [-0.39, 0.29) is 28.9 Å². The average molecular weight is 595 g/mol. The van der Waals surface area contributed by atoms with Gasteiger partial charge in [0.1, 0.15) is 46.8 Å². The second kappa shape index (κ2) is 12.1. The van der Waals surface area contributed by atoms with E-state index in [0.717, 1.165) is 38.8 Å². The van der Waals surface area contributed by atoms with Gasteiger partial charge < -0.3 is 15.4 Å². The third-order valence-corrected chi connectivity index (χ3v) is 8.52. The number of para-hydroxylation sites is 1. The van der Waals surface area contributed by atoms with Gasteiger partial charge in [-0.15, -0.1) is 0 Å². The number of ether oxygens (including phenoxy) is 1. The summed E-state index contributed by atoms with van der Waals surface area (Å²) in [4.78, 5) is 26.3. The van der Waals surface area contributed by atoms with E-state index in [9.17, 15) is 10.1 Å². The summed E-state index contributed by atoms with van der Waals surface area (Å²) >= 11 is 0. The van der Waals surface area contributed by atoms with Crippen LogP contribution in [0.4, 0.5) is 10.2 Å². The van der Waals surface area contributed by atoms with E-state index in [1.165, 1.54) is 12.4 Å². The number of fused-ring (bicyclic) bond motifs is 1. The molecule has 1 atom stereocenters. The number of carbonyl (C=O) groups is 1. The molecule has 44 heavy (non-hydrogen) atoms. The monoisotopic (exact) mass is 594 g/mol. The number of carbonyl (C=O) groups excluding carboxylic acids is 1. The van der Waals surface area contributed by atoms with Crippen LogP contribution >= 0.6 is 0 Å². The predicted octanol–water partition coefficient (Wildman–Crippen LogP) is 5.32. The molecule has 2 fully saturated rings. The van der Waals surface area contributed by atoms with Crippen molar-refractivity contribution in [3.63, 3.8) is 0 Å². The molecule has 4 aromatic rings. The van der Waals surface area contributed by atoms with Gasteiger partial charge in [0.25, 0.3) is 5.91 Å². The molecule has 2 aromatic carbocycles. The van der Waals surface area contributed by atoms with Crippen LogP contribution in [0.3, 0.4) is 0 Å². The Bertz CT molecular complexity index is 1750. The highest BCUT2D eigenvalue weighted by Gasteiger charge is 2.35. The van der Waals surface area contributed by atoms with Crippen LogP contribution in [0.2, 0.25) is 0 Å². The van der Waals surface area contributed by atoms with Gasteiger partial charge in [0.15, 0.2) is 5.65 Å². The minimum absolute atomic E-state index is 0.145. The number of likely N-dealkylation sites (tertiary alicyclic amines) is 2. The molecule has 0 spiro atoms. The quantitative estimate of drug-likeness (QED) is 0.215. The summed E-state index contributed by atoms with van der Waals surface area (Å²) in [6.45, 7) is 6.84. The minimum atomic E-state index is -0.532. The maximum Gasteiger partial charge on any atom is 0.264 e. The van der Waals surface area contributed by atoms with Gasteiger partial charge in [-0.3, -0.25) is 9.69 Å². The van der Waals surface area contributed by atoms with E-state index in [1.54, 1.807) is 39.9 Å². The molecule has 0 radical (unpaired) electrons. The SMILES string of the molecule is CC(C)(/C=C(/C#N)C(=O)N1CCCC1Cn1nc(-c2ccc(Oc3ccccc3)cc2F)c2c(N)ncnc21)N1CCCC1. The number of amides is 1. The van der Waals surface area contributed by atoms with Crippen LogP contribution in [0.1, 0.15) is 39.5 Å². The molecule has 2 aromatic heterocycles. The number of nitrogens with two attached hydrogens (primary N) is 1. The topological polar surface area (TPSA) is 126 Å². The lowest BCUT2D eigenvalue weighted by Crippen LogP contribution is -2.42. The van der Waals surface area contributed by atoms with E-state index in [1.807, 2.05) is 32.0 Å². The van der Waals surface area contributed by atoms with E-state index in [0.29, 0.717) is 41.3 Å². The molecular weight excluding hydrogens is 559 g/mol. The molecule has 0 aliphatic carbocycles. The smallest absolute Gasteiger partial charge is 0.264 e. The molecule has 11 heteroatoms. The second-order valence-corrected chi connectivity index (χ2v) is 11.9. The lowest BCUT2D eigenvalue weighted by atomic mass is 9.98. The van der Waals surface area contributed by atoms with Crippen molar-refractivity contribution in [1.82, 2.24) is 29.5 Å². The number of hydrogen-bond acceptors (Lipinski definition) is 8. The van der Waals surface area contributed by atoms with E-state index >= 15 is 4.39 Å². The molecule has 2 aliphatic heterocycles. The van der Waals surface area contributed by atoms with Crippen molar-refractivity contribution in [2.45, 2.75) is 57.7 Å². The third kappa shape index (κ3) is 5.73. The highest BCUT2D eigenvalue weighted by atomic mass is 19.1. The van der Waals surface area contributed by atoms with Crippen molar-refractivity contribution in [2.24, 2.45) is 0 Å². The number of hydrogen-bond donors (Lipinski definition) is 1. The van der Waals surface area contributed by atoms with Crippen LogP contribution in [-0.4, -0.2) is 66.7 Å². The van der Waals surface area contributed by atoms with Crippen LogP contribution < -0.4 is 10.5 Å². The average Bonchev–Trinajstić information content (AvgIpc) is 3.78. The van der Waals surface area contributed by atoms with Gasteiger partial charge in [0.05, 0.1) is 18.0 Å². The maximum absolute atomic E-state index is 15.6. The number of benzene rings is 2. The fourth-order valence-corrected chi connectivity index (χ4v) is 6.25. The van der Waals surface area contributed by atoms with Crippen LogP contribution in [0.25, 0.3) is 22.3 Å². The van der Waals surface area contributed by atoms with Crippen LogP contribution in [0.15, 0.2) is 66.5 Å². The van der Waals surface area contributed by atoms with Crippen molar-refractivity contribution >= 4 is 22.8 Å². The number of halogens is 1. The summed E-state index contributed by atoms with van der Waals surface area (Å²) in [6.07, 6.45) is 6.92. The van der Waals surface area contributed by atoms with Crippen molar-refractivity contribution in [2.75, 3.05) is 25.4 Å². The normalized spacial score (nSPS) is 17.7. The van der Waals surface area contributed by atoms with Crippen LogP contribution in [-0.2, 0) is 11.3 Å². The van der Waals surface area contributed by atoms with Gasteiger partial charge in [-0.25, -0.2) is 19.0 Å². The van der Waals surface area contributed by atoms with Crippen molar-refractivity contribution in [1.29, 1.82) is 5.26 Å². The number of nitrogens with zero attached hydrogens (tertiary/aromatic N) is 7. The third-order valence-electron chi connectivity index (χ3n) is 8.52. The summed E-state index contributed by atoms with van der Waals surface area (Å²) in [5.74, 6) is 0.304. The van der Waals surface area contributed by atoms with Gasteiger partial charge >= 0.3 is 0 Å². The molecule has 4 heterocycles. The zero-order valence-electron chi connectivity index (χ0n) is 24.9. The molecule has 2 N–H and O–H groups in total. The summed E-state index contributed by atoms with van der Waals surface area (Å²) in [5.41, 5.74) is 7.00. The number of aromatic nitrogens is 4. The molecule has 2 aliphatic rings. The molecule has 1 amide bonds. The molecular formula is C33H35FN8O2. The van der Waals surface area contributed by atoms with E-state index in [2.05, 4.69) is 20.9 Å². The Morgan fingerprint density at radius 2 is 1.89 bits per heavy atom. The Hall–Kier alpha value is -4.82. The van der Waals surface area contributed by atoms with Crippen molar-refractivity contribution in [3.8, 4) is 28.8 Å². The molecule has 10 nitrogen and oxygen atoms in total. The largest absolute Gasteiger partial charge is 0.457 e. The van der Waals surface area contributed by atoms with E-state index < -0.39 is 11.4 Å². The van der Waals surface area contributed by atoms with Gasteiger partial charge in [-0.2, -0.15) is 10.4 Å². The number of rotatable bonds is 8. The zero-order chi connectivity index (χ0) is 30.8. The van der Waals surface area contributed by atoms with Gasteiger partial charge in [-0.05, 0) is 83.0 Å². The molecule has 6 rings (SSSR count). The first-order valence-electron chi connectivity index (χ1n) is 14.9. The minimum Gasteiger partial charge on any atom is -0.457 e. The molecule has 0 bridgehead atoms. The molecule has 0 saturated carbocycles. The lowest BCUT2D eigenvalue weighted by Gasteiger charge is -2.33. The number of anilines is 1. The second-order valence-electron chi connectivity index (χ2n) is 11.9. The lowest BCUT2D eigenvalue weighted by molar-refractivity contribution is -0.127. The standard InChI is InChI=1S/C33H35FN8O2/c1-33(2,40-14-6-7-15-40)18-22(19-35)32(43)41-16-8-9-23(41)20-42-31-28(30(36)37-21-38-31)29(39-42)26-13-12-25(17-27(26)34)44-24-10-4-3-5-11-24/h3-5,10-13,17-18,21,23H,6-9,14-16,20H2,1-2H3,(H2,36,37,38)/b22-18-. The number of nitriles is 1. The van der Waals surface area contributed by atoms with Crippen molar-refractivity contribution < 1.29 is 13.9 Å². The number of nitrogen functional groups attached to an aromatic ring is 1. The predicted molar refractivity (Wildman–Crippen MR) is 165 cm³/mol. The Morgan fingerprint density at radius 3 is 2.61 bits per heavy atom. The molecule has 226 valence electrons.